The van der Waals surface area contributed by atoms with Crippen molar-refractivity contribution in [1.29, 1.82) is 0 Å². The summed E-state index contributed by atoms with van der Waals surface area (Å²) in [5.74, 6) is -0.762. The fourth-order valence-corrected chi connectivity index (χ4v) is 4.42. The summed E-state index contributed by atoms with van der Waals surface area (Å²) in [5.41, 5.74) is 1.26. The van der Waals surface area contributed by atoms with Crippen LogP contribution in [0.25, 0.3) is 0 Å². The van der Waals surface area contributed by atoms with Crippen molar-refractivity contribution in [3.63, 3.8) is 0 Å². The predicted molar refractivity (Wildman–Crippen MR) is 113 cm³/mol. The Morgan fingerprint density at radius 1 is 1.13 bits per heavy atom. The van der Waals surface area contributed by atoms with Gasteiger partial charge in [-0.25, -0.2) is 13.2 Å². The van der Waals surface area contributed by atoms with Crippen molar-refractivity contribution < 1.29 is 32.2 Å². The highest BCUT2D eigenvalue weighted by molar-refractivity contribution is 7.89. The summed E-state index contributed by atoms with van der Waals surface area (Å²) in [7, 11) is -2.22. The van der Waals surface area contributed by atoms with Crippen LogP contribution < -0.4 is 10.1 Å². The molecule has 31 heavy (non-hydrogen) atoms. The van der Waals surface area contributed by atoms with Crippen molar-refractivity contribution in [2.45, 2.75) is 11.8 Å². The van der Waals surface area contributed by atoms with Crippen LogP contribution in [-0.4, -0.2) is 64.6 Å². The molecule has 0 atom stereocenters. The van der Waals surface area contributed by atoms with Crippen LogP contribution in [0.3, 0.4) is 0 Å². The number of benzene rings is 2. The molecule has 1 fully saturated rings. The molecule has 9 nitrogen and oxygen atoms in total. The molecule has 1 aliphatic heterocycles. The molecule has 1 saturated heterocycles. The Kier molecular flexibility index (Phi) is 7.26. The molecule has 3 rings (SSSR count). The Morgan fingerprint density at radius 3 is 2.58 bits per heavy atom. The van der Waals surface area contributed by atoms with Gasteiger partial charge in [-0.3, -0.25) is 4.79 Å². The predicted octanol–water partition coefficient (Wildman–Crippen LogP) is 1.82. The number of nitrogens with zero attached hydrogens (tertiary/aromatic N) is 1. The summed E-state index contributed by atoms with van der Waals surface area (Å²) in [6, 6.07) is 10.9. The van der Waals surface area contributed by atoms with E-state index in [2.05, 4.69) is 5.32 Å². The molecule has 166 valence electrons. The van der Waals surface area contributed by atoms with Gasteiger partial charge in [0, 0.05) is 18.8 Å². The van der Waals surface area contributed by atoms with E-state index in [1.165, 1.54) is 29.6 Å². The van der Waals surface area contributed by atoms with E-state index >= 15 is 0 Å². The van der Waals surface area contributed by atoms with Gasteiger partial charge in [0.15, 0.2) is 6.61 Å². The molecule has 2 aromatic carbocycles. The maximum Gasteiger partial charge on any atom is 0.338 e. The second kappa shape index (κ2) is 9.90. The molecule has 1 N–H and O–H groups in total. The second-order valence-electron chi connectivity index (χ2n) is 6.85. The summed E-state index contributed by atoms with van der Waals surface area (Å²) < 4.78 is 42.3. The molecule has 10 heteroatoms. The van der Waals surface area contributed by atoms with Crippen molar-refractivity contribution in [3.05, 3.63) is 53.6 Å². The van der Waals surface area contributed by atoms with Gasteiger partial charge in [0.1, 0.15) is 5.75 Å². The van der Waals surface area contributed by atoms with Crippen LogP contribution >= 0.6 is 0 Å². The molecule has 1 heterocycles. The van der Waals surface area contributed by atoms with Crippen LogP contribution in [0.4, 0.5) is 5.69 Å². The fourth-order valence-electron chi connectivity index (χ4n) is 2.98. The maximum absolute atomic E-state index is 12.8. The first-order chi connectivity index (χ1) is 14.8. The van der Waals surface area contributed by atoms with Crippen molar-refractivity contribution in [2.24, 2.45) is 0 Å². The number of carbonyl (C=O) groups is 2. The van der Waals surface area contributed by atoms with E-state index in [9.17, 15) is 18.0 Å². The van der Waals surface area contributed by atoms with Crippen LogP contribution in [0.15, 0.2) is 47.4 Å². The Morgan fingerprint density at radius 2 is 1.87 bits per heavy atom. The smallest absolute Gasteiger partial charge is 0.338 e. The summed E-state index contributed by atoms with van der Waals surface area (Å²) in [6.45, 7) is 2.45. The normalized spacial score (nSPS) is 14.6. The van der Waals surface area contributed by atoms with Gasteiger partial charge in [-0.2, -0.15) is 4.31 Å². The summed E-state index contributed by atoms with van der Waals surface area (Å²) in [5, 5.41) is 2.61. The van der Waals surface area contributed by atoms with E-state index in [1.807, 2.05) is 0 Å². The van der Waals surface area contributed by atoms with E-state index in [-0.39, 0.29) is 23.5 Å². The number of aryl methyl sites for hydroxylation is 1. The molecule has 1 amide bonds. The van der Waals surface area contributed by atoms with Crippen LogP contribution in [0.5, 0.6) is 5.75 Å². The Bertz CT molecular complexity index is 1060. The number of rotatable bonds is 7. The Hall–Kier alpha value is -2.95. The summed E-state index contributed by atoms with van der Waals surface area (Å²) >= 11 is 0. The van der Waals surface area contributed by atoms with Crippen LogP contribution in [-0.2, 0) is 24.3 Å². The highest BCUT2D eigenvalue weighted by Gasteiger charge is 2.27. The Balaban J connectivity index is 1.65. The molecule has 2 aromatic rings. The largest absolute Gasteiger partial charge is 0.497 e. The van der Waals surface area contributed by atoms with E-state index in [1.54, 1.807) is 31.2 Å². The second-order valence-corrected chi connectivity index (χ2v) is 8.79. The first-order valence-electron chi connectivity index (χ1n) is 9.61. The zero-order valence-corrected chi connectivity index (χ0v) is 18.1. The SMILES string of the molecule is COc1cccc(C(=O)OCC(=O)Nc2cc(S(=O)(=O)N3CCOCC3)ccc2C)c1. The van der Waals surface area contributed by atoms with Gasteiger partial charge in [0.05, 0.1) is 30.8 Å². The standard InChI is InChI=1S/C21H24N2O7S/c1-15-6-7-18(31(26,27)23-8-10-29-11-9-23)13-19(15)22-20(24)14-30-21(25)16-4-3-5-17(12-16)28-2/h3-7,12-13H,8-11,14H2,1-2H3,(H,22,24). The fraction of sp³-hybridized carbons (Fsp3) is 0.333. The number of hydrogen-bond acceptors (Lipinski definition) is 7. The van der Waals surface area contributed by atoms with Crippen LogP contribution in [0.2, 0.25) is 0 Å². The minimum absolute atomic E-state index is 0.0728. The minimum Gasteiger partial charge on any atom is -0.497 e. The van der Waals surface area contributed by atoms with E-state index < -0.39 is 28.5 Å². The lowest BCUT2D eigenvalue weighted by atomic mass is 10.2. The van der Waals surface area contributed by atoms with Gasteiger partial charge >= 0.3 is 5.97 Å². The molecule has 0 radical (unpaired) electrons. The first-order valence-corrected chi connectivity index (χ1v) is 11.0. The van der Waals surface area contributed by atoms with Gasteiger partial charge in [-0.1, -0.05) is 12.1 Å². The first kappa shape index (κ1) is 22.7. The molecule has 0 aliphatic carbocycles. The van der Waals surface area contributed by atoms with Crippen molar-refractivity contribution in [3.8, 4) is 5.75 Å². The van der Waals surface area contributed by atoms with Gasteiger partial charge in [-0.05, 0) is 42.8 Å². The summed E-state index contributed by atoms with van der Waals surface area (Å²) in [4.78, 5) is 24.5. The van der Waals surface area contributed by atoms with Crippen molar-refractivity contribution >= 4 is 27.6 Å². The lowest BCUT2D eigenvalue weighted by molar-refractivity contribution is -0.119. The van der Waals surface area contributed by atoms with Gasteiger partial charge in [0.2, 0.25) is 10.0 Å². The zero-order valence-electron chi connectivity index (χ0n) is 17.3. The van der Waals surface area contributed by atoms with Gasteiger partial charge < -0.3 is 19.5 Å². The van der Waals surface area contributed by atoms with Gasteiger partial charge in [0.25, 0.3) is 5.91 Å². The zero-order chi connectivity index (χ0) is 22.4. The quantitative estimate of drug-likeness (QED) is 0.643. The number of hydrogen-bond donors (Lipinski definition) is 1. The number of sulfonamides is 1. The molecule has 0 unspecified atom stereocenters. The third kappa shape index (κ3) is 5.60. The topological polar surface area (TPSA) is 111 Å². The molecule has 0 aromatic heterocycles. The van der Waals surface area contributed by atoms with E-state index in [0.29, 0.717) is 30.2 Å². The summed E-state index contributed by atoms with van der Waals surface area (Å²) in [6.07, 6.45) is 0. The number of amides is 1. The lowest BCUT2D eigenvalue weighted by Gasteiger charge is -2.26. The highest BCUT2D eigenvalue weighted by atomic mass is 32.2. The third-order valence-corrected chi connectivity index (χ3v) is 6.63. The monoisotopic (exact) mass is 448 g/mol. The van der Waals surface area contributed by atoms with Crippen molar-refractivity contribution in [1.82, 2.24) is 4.31 Å². The number of esters is 1. The molecule has 0 saturated carbocycles. The average Bonchev–Trinajstić information content (AvgIpc) is 2.79. The number of ether oxygens (including phenoxy) is 3. The van der Waals surface area contributed by atoms with E-state index in [4.69, 9.17) is 14.2 Å². The molecular formula is C21H24N2O7S. The van der Waals surface area contributed by atoms with Crippen molar-refractivity contribution in [2.75, 3.05) is 45.3 Å². The van der Waals surface area contributed by atoms with Crippen LogP contribution in [0, 0.1) is 6.92 Å². The van der Waals surface area contributed by atoms with E-state index in [0.717, 1.165) is 0 Å². The number of nitrogens with one attached hydrogen (secondary N) is 1. The number of carbonyl (C=O) groups excluding carboxylic acids is 2. The molecule has 0 spiro atoms. The Labute approximate surface area is 181 Å². The highest BCUT2D eigenvalue weighted by Crippen LogP contribution is 2.23. The molecule has 1 aliphatic rings. The third-order valence-electron chi connectivity index (χ3n) is 4.73. The average molecular weight is 448 g/mol. The van der Waals surface area contributed by atoms with Gasteiger partial charge in [-0.15, -0.1) is 0 Å². The minimum atomic E-state index is -3.70. The maximum atomic E-state index is 12.8. The lowest BCUT2D eigenvalue weighted by Crippen LogP contribution is -2.40. The number of anilines is 1. The molecular weight excluding hydrogens is 424 g/mol. The van der Waals surface area contributed by atoms with Crippen LogP contribution in [0.1, 0.15) is 15.9 Å². The molecule has 0 bridgehead atoms. The number of methoxy groups -OCH3 is 1. The number of morpholine rings is 1.